The molecule has 1 amide bonds. The number of aromatic nitrogens is 4. The fourth-order valence-electron chi connectivity index (χ4n) is 2.31. The van der Waals surface area contributed by atoms with E-state index in [9.17, 15) is 9.59 Å². The van der Waals surface area contributed by atoms with Crippen molar-refractivity contribution in [3.63, 3.8) is 0 Å². The van der Waals surface area contributed by atoms with Crippen LogP contribution < -0.4 is 10.9 Å². The first kappa shape index (κ1) is 16.9. The van der Waals surface area contributed by atoms with Crippen molar-refractivity contribution in [1.82, 2.24) is 19.6 Å². The van der Waals surface area contributed by atoms with Crippen LogP contribution in [0.2, 0.25) is 5.02 Å². The van der Waals surface area contributed by atoms with Crippen molar-refractivity contribution in [3.8, 4) is 5.82 Å². The second-order valence-corrected chi connectivity index (χ2v) is 5.91. The van der Waals surface area contributed by atoms with Crippen molar-refractivity contribution in [2.75, 3.05) is 5.32 Å². The van der Waals surface area contributed by atoms with Crippen LogP contribution in [-0.4, -0.2) is 25.5 Å². The van der Waals surface area contributed by atoms with Crippen molar-refractivity contribution in [2.24, 2.45) is 0 Å². The second kappa shape index (κ2) is 6.90. The maximum absolute atomic E-state index is 12.6. The Kier molecular flexibility index (Phi) is 4.67. The van der Waals surface area contributed by atoms with Gasteiger partial charge in [0.2, 0.25) is 5.91 Å². The number of anilines is 1. The van der Waals surface area contributed by atoms with E-state index in [0.29, 0.717) is 16.5 Å². The van der Waals surface area contributed by atoms with E-state index in [1.54, 1.807) is 49.6 Å². The number of hydrogen-bond acceptors (Lipinski definition) is 4. The van der Waals surface area contributed by atoms with Gasteiger partial charge in [-0.2, -0.15) is 5.10 Å². The molecule has 8 heteroatoms. The lowest BCUT2D eigenvalue weighted by atomic mass is 10.2. The summed E-state index contributed by atoms with van der Waals surface area (Å²) in [5.41, 5.74) is 0.984. The minimum absolute atomic E-state index is 0.363. The average molecular weight is 358 g/mol. The Labute approximate surface area is 148 Å². The summed E-state index contributed by atoms with van der Waals surface area (Å²) in [7, 11) is 0. The number of carbonyl (C=O) groups excluding carboxylic acids is 1. The van der Waals surface area contributed by atoms with E-state index in [-0.39, 0.29) is 11.5 Å². The molecule has 1 N–H and O–H groups in total. The van der Waals surface area contributed by atoms with Gasteiger partial charge >= 0.3 is 0 Å². The summed E-state index contributed by atoms with van der Waals surface area (Å²) < 4.78 is 2.65. The Bertz CT molecular complexity index is 965. The van der Waals surface area contributed by atoms with Gasteiger partial charge in [-0.1, -0.05) is 17.7 Å². The number of benzene rings is 1. The Balaban J connectivity index is 1.88. The first-order chi connectivity index (χ1) is 12.0. The molecule has 0 aliphatic heterocycles. The molecule has 1 aromatic carbocycles. The number of nitrogens with one attached hydrogen (secondary N) is 1. The molecule has 0 spiro atoms. The number of amides is 1. The van der Waals surface area contributed by atoms with Crippen molar-refractivity contribution in [3.05, 3.63) is 69.7 Å². The second-order valence-electron chi connectivity index (χ2n) is 5.50. The third kappa shape index (κ3) is 3.46. The molecular weight excluding hydrogens is 342 g/mol. The fraction of sp³-hybridized carbons (Fsp3) is 0.176. The Morgan fingerprint density at radius 2 is 2.04 bits per heavy atom. The summed E-state index contributed by atoms with van der Waals surface area (Å²) in [6, 6.07) is 9.10. The zero-order valence-electron chi connectivity index (χ0n) is 13.7. The number of rotatable bonds is 4. The van der Waals surface area contributed by atoms with Crippen LogP contribution >= 0.6 is 11.6 Å². The van der Waals surface area contributed by atoms with Gasteiger partial charge in [-0.3, -0.25) is 9.59 Å². The third-order valence-electron chi connectivity index (χ3n) is 3.82. The molecule has 128 valence electrons. The molecule has 0 saturated heterocycles. The van der Waals surface area contributed by atoms with Gasteiger partial charge in [0.25, 0.3) is 5.56 Å². The van der Waals surface area contributed by atoms with E-state index in [2.05, 4.69) is 15.5 Å². The monoisotopic (exact) mass is 357 g/mol. The van der Waals surface area contributed by atoms with Crippen molar-refractivity contribution >= 4 is 23.2 Å². The summed E-state index contributed by atoms with van der Waals surface area (Å²) in [6.45, 7) is 3.42. The molecule has 0 bridgehead atoms. The zero-order chi connectivity index (χ0) is 18.0. The lowest BCUT2D eigenvalue weighted by molar-refractivity contribution is -0.119. The summed E-state index contributed by atoms with van der Waals surface area (Å²) in [6.07, 6.45) is 3.31. The molecule has 2 heterocycles. The van der Waals surface area contributed by atoms with Crippen LogP contribution in [-0.2, 0) is 4.79 Å². The highest BCUT2D eigenvalue weighted by Gasteiger charge is 2.19. The average Bonchev–Trinajstić information content (AvgIpc) is 3.13. The van der Waals surface area contributed by atoms with Gasteiger partial charge in [0.15, 0.2) is 5.82 Å². The SMILES string of the molecule is Cc1c(Cl)cccc1NC(=O)C(C)n1nc(-n2cccn2)ccc1=O. The largest absolute Gasteiger partial charge is 0.324 e. The lowest BCUT2D eigenvalue weighted by Crippen LogP contribution is -2.33. The van der Waals surface area contributed by atoms with Crippen LogP contribution in [0, 0.1) is 6.92 Å². The third-order valence-corrected chi connectivity index (χ3v) is 4.23. The number of hydrogen-bond donors (Lipinski definition) is 1. The Morgan fingerprint density at radius 1 is 1.24 bits per heavy atom. The molecule has 3 aromatic rings. The van der Waals surface area contributed by atoms with E-state index in [1.807, 2.05) is 6.92 Å². The van der Waals surface area contributed by atoms with E-state index in [4.69, 9.17) is 11.6 Å². The van der Waals surface area contributed by atoms with Gasteiger partial charge in [-0.05, 0) is 43.7 Å². The van der Waals surface area contributed by atoms with Crippen molar-refractivity contribution < 1.29 is 4.79 Å². The van der Waals surface area contributed by atoms with Gasteiger partial charge in [0.1, 0.15) is 6.04 Å². The van der Waals surface area contributed by atoms with Crippen LogP contribution in [0.1, 0.15) is 18.5 Å². The number of nitrogens with zero attached hydrogens (tertiary/aromatic N) is 4. The summed E-state index contributed by atoms with van der Waals surface area (Å²) >= 11 is 6.07. The summed E-state index contributed by atoms with van der Waals surface area (Å²) in [4.78, 5) is 24.7. The number of halogens is 1. The van der Waals surface area contributed by atoms with Crippen LogP contribution in [0.5, 0.6) is 0 Å². The molecule has 7 nitrogen and oxygen atoms in total. The summed E-state index contributed by atoms with van der Waals surface area (Å²) in [5.74, 6) is 0.0840. The van der Waals surface area contributed by atoms with Gasteiger partial charge < -0.3 is 5.32 Å². The molecule has 2 aromatic heterocycles. The number of carbonyl (C=O) groups is 1. The molecule has 0 radical (unpaired) electrons. The van der Waals surface area contributed by atoms with Crippen LogP contribution in [0.15, 0.2) is 53.6 Å². The molecule has 0 aliphatic carbocycles. The normalized spacial score (nSPS) is 12.0. The lowest BCUT2D eigenvalue weighted by Gasteiger charge is -2.16. The standard InChI is InChI=1S/C17H16ClN5O2/c1-11-13(18)5-3-6-14(11)20-17(25)12(2)23-16(24)8-7-15(21-23)22-10-4-9-19-22/h3-10,12H,1-2H3,(H,20,25). The molecule has 0 saturated carbocycles. The quantitative estimate of drug-likeness (QED) is 0.778. The zero-order valence-corrected chi connectivity index (χ0v) is 14.4. The van der Waals surface area contributed by atoms with Gasteiger partial charge in [0, 0.05) is 29.2 Å². The van der Waals surface area contributed by atoms with Crippen molar-refractivity contribution in [2.45, 2.75) is 19.9 Å². The molecule has 3 rings (SSSR count). The minimum Gasteiger partial charge on any atom is -0.324 e. The topological polar surface area (TPSA) is 81.8 Å². The van der Waals surface area contributed by atoms with Crippen LogP contribution in [0.25, 0.3) is 5.82 Å². The van der Waals surface area contributed by atoms with E-state index >= 15 is 0 Å². The minimum atomic E-state index is -0.804. The van der Waals surface area contributed by atoms with Crippen molar-refractivity contribution in [1.29, 1.82) is 0 Å². The smallest absolute Gasteiger partial charge is 0.267 e. The molecular formula is C17H16ClN5O2. The molecule has 25 heavy (non-hydrogen) atoms. The van der Waals surface area contributed by atoms with Crippen LogP contribution in [0.4, 0.5) is 5.69 Å². The predicted octanol–water partition coefficient (Wildman–Crippen LogP) is 2.59. The van der Waals surface area contributed by atoms with Crippen LogP contribution in [0.3, 0.4) is 0 Å². The van der Waals surface area contributed by atoms with Gasteiger partial charge in [-0.25, -0.2) is 9.36 Å². The first-order valence-electron chi connectivity index (χ1n) is 7.63. The highest BCUT2D eigenvalue weighted by Crippen LogP contribution is 2.23. The van der Waals surface area contributed by atoms with Gasteiger partial charge in [-0.15, -0.1) is 5.10 Å². The molecule has 1 atom stereocenters. The molecule has 0 fully saturated rings. The Hall–Kier alpha value is -2.93. The van der Waals surface area contributed by atoms with E-state index in [1.165, 1.54) is 10.7 Å². The van der Waals surface area contributed by atoms with Gasteiger partial charge in [0.05, 0.1) is 0 Å². The van der Waals surface area contributed by atoms with E-state index < -0.39 is 6.04 Å². The highest BCUT2D eigenvalue weighted by molar-refractivity contribution is 6.31. The Morgan fingerprint density at radius 3 is 2.76 bits per heavy atom. The van der Waals surface area contributed by atoms with E-state index in [0.717, 1.165) is 10.2 Å². The maximum atomic E-state index is 12.6. The molecule has 0 aliphatic rings. The summed E-state index contributed by atoms with van der Waals surface area (Å²) in [5, 5.41) is 11.7. The highest BCUT2D eigenvalue weighted by atomic mass is 35.5. The molecule has 1 unspecified atom stereocenters. The maximum Gasteiger partial charge on any atom is 0.267 e. The predicted molar refractivity (Wildman–Crippen MR) is 95.1 cm³/mol. The first-order valence-corrected chi connectivity index (χ1v) is 8.01. The fourth-order valence-corrected chi connectivity index (χ4v) is 2.48.